The maximum Gasteiger partial charge on any atom is 0.242 e. The number of likely N-dealkylation sites (N-methyl/N-ethyl adjacent to an activating group) is 1. The first-order valence-corrected chi connectivity index (χ1v) is 11.5. The number of rotatable bonds is 14. The van der Waals surface area contributed by atoms with Crippen LogP contribution in [0, 0.1) is 0 Å². The Bertz CT molecular complexity index is 793. The van der Waals surface area contributed by atoms with E-state index in [1.54, 1.807) is 4.90 Å². The lowest BCUT2D eigenvalue weighted by atomic mass is 10.0. The molecule has 1 N–H and O–H groups in total. The SMILES string of the molecule is CNC(=O)C(CCC=O)N(C=O)c1cccc(CCCOC2CCN(C=O)CC2)c1N(C)C. The monoisotopic (exact) mass is 460 g/mol. The Morgan fingerprint density at radius 2 is 1.97 bits per heavy atom. The van der Waals surface area contributed by atoms with Gasteiger partial charge < -0.3 is 29.5 Å². The van der Waals surface area contributed by atoms with Gasteiger partial charge in [0.2, 0.25) is 18.7 Å². The highest BCUT2D eigenvalue weighted by Gasteiger charge is 2.28. The van der Waals surface area contributed by atoms with Gasteiger partial charge in [-0.15, -0.1) is 0 Å². The number of ether oxygens (including phenoxy) is 1. The van der Waals surface area contributed by atoms with Gasteiger partial charge in [0.05, 0.1) is 17.5 Å². The molecule has 1 aliphatic rings. The van der Waals surface area contributed by atoms with Crippen LogP contribution in [0.25, 0.3) is 0 Å². The molecule has 1 aliphatic heterocycles. The Hall–Kier alpha value is -2.94. The molecular weight excluding hydrogens is 424 g/mol. The van der Waals surface area contributed by atoms with Crippen molar-refractivity contribution in [1.29, 1.82) is 0 Å². The van der Waals surface area contributed by atoms with E-state index in [4.69, 9.17) is 4.74 Å². The van der Waals surface area contributed by atoms with Gasteiger partial charge in [-0.3, -0.25) is 14.4 Å². The molecule has 9 heteroatoms. The van der Waals surface area contributed by atoms with Gasteiger partial charge >= 0.3 is 0 Å². The van der Waals surface area contributed by atoms with Crippen LogP contribution in [0.3, 0.4) is 0 Å². The Kier molecular flexibility index (Phi) is 10.8. The minimum Gasteiger partial charge on any atom is -0.378 e. The number of carbonyl (C=O) groups excluding carboxylic acids is 4. The highest BCUT2D eigenvalue weighted by atomic mass is 16.5. The molecule has 9 nitrogen and oxygen atoms in total. The van der Waals surface area contributed by atoms with E-state index >= 15 is 0 Å². The molecule has 1 heterocycles. The largest absolute Gasteiger partial charge is 0.378 e. The van der Waals surface area contributed by atoms with Crippen molar-refractivity contribution in [3.05, 3.63) is 23.8 Å². The molecule has 2 rings (SSSR count). The third kappa shape index (κ3) is 7.28. The van der Waals surface area contributed by atoms with Crippen LogP contribution in [0.1, 0.15) is 37.7 Å². The molecule has 0 aromatic heterocycles. The van der Waals surface area contributed by atoms with Crippen molar-refractivity contribution in [2.45, 2.75) is 50.7 Å². The number of aldehydes is 1. The molecule has 1 unspecified atom stereocenters. The molecule has 0 aliphatic carbocycles. The minimum absolute atomic E-state index is 0.178. The summed E-state index contributed by atoms with van der Waals surface area (Å²) >= 11 is 0. The van der Waals surface area contributed by atoms with Crippen molar-refractivity contribution in [3.8, 4) is 0 Å². The van der Waals surface area contributed by atoms with Crippen molar-refractivity contribution in [3.63, 3.8) is 0 Å². The van der Waals surface area contributed by atoms with Crippen LogP contribution in [0.2, 0.25) is 0 Å². The Balaban J connectivity index is 2.12. The van der Waals surface area contributed by atoms with E-state index < -0.39 is 6.04 Å². The number of para-hydroxylation sites is 1. The molecule has 1 atom stereocenters. The summed E-state index contributed by atoms with van der Waals surface area (Å²) in [6.07, 6.45) is 6.18. The van der Waals surface area contributed by atoms with Gasteiger partial charge in [-0.2, -0.15) is 0 Å². The first-order chi connectivity index (χ1) is 16.0. The van der Waals surface area contributed by atoms with Crippen LogP contribution < -0.4 is 15.1 Å². The third-order valence-electron chi connectivity index (χ3n) is 5.95. The average Bonchev–Trinajstić information content (AvgIpc) is 2.84. The van der Waals surface area contributed by atoms with E-state index in [-0.39, 0.29) is 24.9 Å². The Morgan fingerprint density at radius 3 is 2.55 bits per heavy atom. The van der Waals surface area contributed by atoms with Gasteiger partial charge in [0.25, 0.3) is 0 Å². The van der Waals surface area contributed by atoms with Gasteiger partial charge in [-0.05, 0) is 43.7 Å². The predicted molar refractivity (Wildman–Crippen MR) is 127 cm³/mol. The molecule has 1 aromatic carbocycles. The Labute approximate surface area is 196 Å². The normalized spacial score (nSPS) is 14.9. The summed E-state index contributed by atoms with van der Waals surface area (Å²) in [5.41, 5.74) is 2.55. The lowest BCUT2D eigenvalue weighted by molar-refractivity contribution is -0.123. The fourth-order valence-corrected chi connectivity index (χ4v) is 4.25. The summed E-state index contributed by atoms with van der Waals surface area (Å²) in [4.78, 5) is 51.4. The topological polar surface area (TPSA) is 99.3 Å². The van der Waals surface area contributed by atoms with Crippen molar-refractivity contribution in [2.75, 3.05) is 50.6 Å². The minimum atomic E-state index is -0.771. The number of nitrogens with zero attached hydrogens (tertiary/aromatic N) is 3. The first-order valence-electron chi connectivity index (χ1n) is 11.5. The van der Waals surface area contributed by atoms with Crippen LogP contribution in [0.4, 0.5) is 11.4 Å². The number of hydrogen-bond acceptors (Lipinski definition) is 6. The summed E-state index contributed by atoms with van der Waals surface area (Å²) in [5.74, 6) is -0.312. The summed E-state index contributed by atoms with van der Waals surface area (Å²) in [5, 5.41) is 2.59. The molecule has 1 aromatic rings. The number of hydrogen-bond donors (Lipinski definition) is 1. The van der Waals surface area contributed by atoms with Gasteiger partial charge in [-0.25, -0.2) is 0 Å². The number of benzene rings is 1. The fourth-order valence-electron chi connectivity index (χ4n) is 4.25. The van der Waals surface area contributed by atoms with Gasteiger partial charge in [0, 0.05) is 47.3 Å². The van der Waals surface area contributed by atoms with E-state index in [0.29, 0.717) is 18.7 Å². The number of anilines is 2. The number of nitrogens with one attached hydrogen (secondary N) is 1. The smallest absolute Gasteiger partial charge is 0.242 e. The average molecular weight is 461 g/mol. The van der Waals surface area contributed by atoms with Crippen LogP contribution in [0.15, 0.2) is 18.2 Å². The highest BCUT2D eigenvalue weighted by Crippen LogP contribution is 2.34. The molecule has 0 radical (unpaired) electrons. The zero-order valence-corrected chi connectivity index (χ0v) is 19.9. The summed E-state index contributed by atoms with van der Waals surface area (Å²) in [6.45, 7) is 2.08. The number of aryl methyl sites for hydroxylation is 1. The molecule has 0 spiro atoms. The molecule has 33 heavy (non-hydrogen) atoms. The summed E-state index contributed by atoms with van der Waals surface area (Å²) in [7, 11) is 5.33. The molecule has 3 amide bonds. The van der Waals surface area contributed by atoms with E-state index in [0.717, 1.165) is 62.7 Å². The van der Waals surface area contributed by atoms with E-state index in [1.165, 1.54) is 11.9 Å². The zero-order chi connectivity index (χ0) is 24.2. The maximum atomic E-state index is 12.5. The molecular formula is C24H36N4O5. The second-order valence-electron chi connectivity index (χ2n) is 8.38. The van der Waals surface area contributed by atoms with Crippen molar-refractivity contribution in [2.24, 2.45) is 0 Å². The second kappa shape index (κ2) is 13.6. The van der Waals surface area contributed by atoms with Crippen LogP contribution in [-0.4, -0.2) is 82.9 Å². The van der Waals surface area contributed by atoms with Crippen LogP contribution in [0.5, 0.6) is 0 Å². The lowest BCUT2D eigenvalue weighted by Gasteiger charge is -2.31. The number of likely N-dealkylation sites (tertiary alicyclic amines) is 1. The number of carbonyl (C=O) groups is 4. The van der Waals surface area contributed by atoms with E-state index in [9.17, 15) is 19.2 Å². The Morgan fingerprint density at radius 1 is 1.24 bits per heavy atom. The highest BCUT2D eigenvalue weighted by molar-refractivity contribution is 5.95. The third-order valence-corrected chi connectivity index (χ3v) is 5.95. The molecule has 1 saturated heterocycles. The first kappa shape index (κ1) is 26.3. The van der Waals surface area contributed by atoms with Crippen LogP contribution >= 0.6 is 0 Å². The molecule has 1 fully saturated rings. The summed E-state index contributed by atoms with van der Waals surface area (Å²) in [6, 6.07) is 4.95. The molecule has 182 valence electrons. The standard InChI is InChI=1S/C24H36N4O5/c1-25-24(32)22(10-5-15-29)28(18-31)21-9-4-7-19(23(21)26(2)3)8-6-16-33-20-11-13-27(17-30)14-12-20/h4,7,9,15,17-18,20,22H,5-6,8,10-14,16H2,1-3H3,(H,25,32). The van der Waals surface area contributed by atoms with Crippen LogP contribution in [-0.2, 0) is 30.3 Å². The van der Waals surface area contributed by atoms with E-state index in [1.807, 2.05) is 37.2 Å². The van der Waals surface area contributed by atoms with Crippen molar-refractivity contribution >= 4 is 36.4 Å². The van der Waals surface area contributed by atoms with Gasteiger partial charge in [0.15, 0.2) is 0 Å². The van der Waals surface area contributed by atoms with Crippen molar-refractivity contribution in [1.82, 2.24) is 10.2 Å². The fraction of sp³-hybridized carbons (Fsp3) is 0.583. The summed E-state index contributed by atoms with van der Waals surface area (Å²) < 4.78 is 6.02. The lowest BCUT2D eigenvalue weighted by Crippen LogP contribution is -2.46. The second-order valence-corrected chi connectivity index (χ2v) is 8.38. The predicted octanol–water partition coefficient (Wildman–Crippen LogP) is 1.38. The maximum absolute atomic E-state index is 12.5. The number of amides is 3. The quantitative estimate of drug-likeness (QED) is 0.333. The van der Waals surface area contributed by atoms with Gasteiger partial charge in [0.1, 0.15) is 12.3 Å². The van der Waals surface area contributed by atoms with Gasteiger partial charge in [-0.1, -0.05) is 12.1 Å². The number of piperidine rings is 1. The zero-order valence-electron chi connectivity index (χ0n) is 19.9. The van der Waals surface area contributed by atoms with E-state index in [2.05, 4.69) is 5.32 Å². The molecule has 0 saturated carbocycles. The van der Waals surface area contributed by atoms with Crippen molar-refractivity contribution < 1.29 is 23.9 Å². The molecule has 0 bridgehead atoms.